The van der Waals surface area contributed by atoms with Crippen molar-refractivity contribution in [3.63, 3.8) is 0 Å². The molecule has 1 aliphatic heterocycles. The summed E-state index contributed by atoms with van der Waals surface area (Å²) >= 11 is 0. The van der Waals surface area contributed by atoms with Gasteiger partial charge in [0, 0.05) is 18.7 Å². The maximum atomic E-state index is 12.7. The monoisotopic (exact) mass is 352 g/mol. The molecule has 2 aromatic carbocycles. The molecule has 0 aromatic heterocycles. The maximum absolute atomic E-state index is 12.7. The summed E-state index contributed by atoms with van der Waals surface area (Å²) in [5, 5.41) is 3.41. The van der Waals surface area contributed by atoms with Gasteiger partial charge in [-0.05, 0) is 61.7 Å². The Labute approximate surface area is 156 Å². The first-order chi connectivity index (χ1) is 12.8. The van der Waals surface area contributed by atoms with E-state index >= 15 is 0 Å². The number of piperidine rings is 1. The molecule has 1 aliphatic rings. The first kappa shape index (κ1) is 18.5. The molecule has 26 heavy (non-hydrogen) atoms. The fraction of sp³-hybridized carbons (Fsp3) is 0.409. The van der Waals surface area contributed by atoms with E-state index < -0.39 is 0 Å². The van der Waals surface area contributed by atoms with E-state index in [1.807, 2.05) is 59.5 Å². The van der Waals surface area contributed by atoms with Gasteiger partial charge in [0.05, 0.1) is 0 Å². The largest absolute Gasteiger partial charge is 0.489 e. The van der Waals surface area contributed by atoms with Crippen LogP contribution in [0.1, 0.15) is 35.7 Å². The number of amides is 1. The third kappa shape index (κ3) is 5.09. The smallest absolute Gasteiger partial charge is 0.253 e. The van der Waals surface area contributed by atoms with Gasteiger partial charge in [-0.1, -0.05) is 37.3 Å². The lowest BCUT2D eigenvalue weighted by Gasteiger charge is -2.32. The van der Waals surface area contributed by atoms with Crippen LogP contribution in [0.15, 0.2) is 54.6 Å². The molecule has 0 spiro atoms. The van der Waals surface area contributed by atoms with Crippen LogP contribution in [-0.4, -0.2) is 37.0 Å². The lowest BCUT2D eigenvalue weighted by atomic mass is 9.96. The number of nitrogens with zero attached hydrogens (tertiary/aromatic N) is 1. The van der Waals surface area contributed by atoms with Crippen molar-refractivity contribution in [1.82, 2.24) is 10.2 Å². The van der Waals surface area contributed by atoms with E-state index in [1.165, 1.54) is 0 Å². The fourth-order valence-corrected chi connectivity index (χ4v) is 3.31. The number of carbonyl (C=O) groups excluding carboxylic acids is 1. The van der Waals surface area contributed by atoms with Crippen LogP contribution in [0.5, 0.6) is 5.75 Å². The normalized spacial score (nSPS) is 15.0. The quantitative estimate of drug-likeness (QED) is 0.826. The Morgan fingerprint density at radius 2 is 1.77 bits per heavy atom. The molecule has 0 radical (unpaired) electrons. The molecule has 4 heteroatoms. The molecular formula is C22H28N2O2. The second kappa shape index (κ2) is 9.39. The van der Waals surface area contributed by atoms with Crippen LogP contribution >= 0.6 is 0 Å². The molecule has 0 unspecified atom stereocenters. The highest BCUT2D eigenvalue weighted by atomic mass is 16.5. The number of nitrogens with one attached hydrogen (secondary N) is 1. The average molecular weight is 352 g/mol. The lowest BCUT2D eigenvalue weighted by Crippen LogP contribution is -2.40. The molecule has 0 saturated carbocycles. The summed E-state index contributed by atoms with van der Waals surface area (Å²) in [6.07, 6.45) is 2.16. The molecule has 0 aliphatic carbocycles. The third-order valence-corrected chi connectivity index (χ3v) is 4.93. The van der Waals surface area contributed by atoms with Gasteiger partial charge in [-0.15, -0.1) is 0 Å². The van der Waals surface area contributed by atoms with E-state index in [0.29, 0.717) is 12.5 Å². The summed E-state index contributed by atoms with van der Waals surface area (Å²) in [7, 11) is 0. The van der Waals surface area contributed by atoms with Gasteiger partial charge in [0.15, 0.2) is 0 Å². The molecule has 1 fully saturated rings. The summed E-state index contributed by atoms with van der Waals surface area (Å²) in [6.45, 7) is 6.44. The Kier molecular flexibility index (Phi) is 6.67. The highest BCUT2D eigenvalue weighted by molar-refractivity contribution is 5.94. The predicted molar refractivity (Wildman–Crippen MR) is 104 cm³/mol. The van der Waals surface area contributed by atoms with Gasteiger partial charge in [-0.25, -0.2) is 0 Å². The molecular weight excluding hydrogens is 324 g/mol. The molecule has 138 valence electrons. The zero-order valence-corrected chi connectivity index (χ0v) is 15.5. The Morgan fingerprint density at radius 1 is 1.08 bits per heavy atom. The molecule has 0 atom stereocenters. The molecule has 3 rings (SSSR count). The Bertz CT molecular complexity index is 677. The number of carbonyl (C=O) groups is 1. The van der Waals surface area contributed by atoms with Gasteiger partial charge >= 0.3 is 0 Å². The van der Waals surface area contributed by atoms with Gasteiger partial charge in [-0.2, -0.15) is 0 Å². The molecule has 1 saturated heterocycles. The van der Waals surface area contributed by atoms with Crippen LogP contribution in [0.3, 0.4) is 0 Å². The van der Waals surface area contributed by atoms with Crippen LogP contribution in [0.25, 0.3) is 0 Å². The van der Waals surface area contributed by atoms with Gasteiger partial charge in [0.2, 0.25) is 0 Å². The molecule has 0 bridgehead atoms. The van der Waals surface area contributed by atoms with Crippen molar-refractivity contribution in [3.05, 3.63) is 65.7 Å². The zero-order valence-electron chi connectivity index (χ0n) is 15.5. The highest BCUT2D eigenvalue weighted by Gasteiger charge is 2.23. The second-order valence-corrected chi connectivity index (χ2v) is 6.84. The minimum Gasteiger partial charge on any atom is -0.489 e. The summed E-state index contributed by atoms with van der Waals surface area (Å²) in [6, 6.07) is 17.6. The van der Waals surface area contributed by atoms with Gasteiger partial charge < -0.3 is 15.0 Å². The molecule has 2 aromatic rings. The summed E-state index contributed by atoms with van der Waals surface area (Å²) in [5.41, 5.74) is 1.87. The first-order valence-electron chi connectivity index (χ1n) is 9.53. The van der Waals surface area contributed by atoms with Crippen LogP contribution in [0.2, 0.25) is 0 Å². The van der Waals surface area contributed by atoms with E-state index in [1.54, 1.807) is 0 Å². The average Bonchev–Trinajstić information content (AvgIpc) is 2.72. The van der Waals surface area contributed by atoms with Gasteiger partial charge in [-0.3, -0.25) is 4.79 Å². The van der Waals surface area contributed by atoms with Gasteiger partial charge in [0.1, 0.15) is 12.4 Å². The van der Waals surface area contributed by atoms with Crippen molar-refractivity contribution >= 4 is 5.91 Å². The van der Waals surface area contributed by atoms with Crippen molar-refractivity contribution in [2.75, 3.05) is 26.2 Å². The molecule has 1 N–H and O–H groups in total. The number of likely N-dealkylation sites (tertiary alicyclic amines) is 1. The summed E-state index contributed by atoms with van der Waals surface area (Å²) in [4.78, 5) is 14.7. The van der Waals surface area contributed by atoms with Crippen molar-refractivity contribution in [2.45, 2.75) is 26.4 Å². The minimum absolute atomic E-state index is 0.126. The van der Waals surface area contributed by atoms with Crippen molar-refractivity contribution in [3.8, 4) is 5.75 Å². The van der Waals surface area contributed by atoms with Crippen LogP contribution in [0, 0.1) is 5.92 Å². The number of ether oxygens (including phenoxy) is 1. The van der Waals surface area contributed by atoms with Crippen molar-refractivity contribution in [1.29, 1.82) is 0 Å². The predicted octanol–water partition coefficient (Wildman–Crippen LogP) is 3.73. The van der Waals surface area contributed by atoms with Crippen molar-refractivity contribution in [2.24, 2.45) is 5.92 Å². The van der Waals surface area contributed by atoms with E-state index in [0.717, 1.165) is 55.9 Å². The third-order valence-electron chi connectivity index (χ3n) is 4.93. The minimum atomic E-state index is 0.126. The topological polar surface area (TPSA) is 41.6 Å². The lowest BCUT2D eigenvalue weighted by molar-refractivity contribution is 0.0690. The number of hydrogen-bond acceptors (Lipinski definition) is 3. The van der Waals surface area contributed by atoms with E-state index in [4.69, 9.17) is 4.74 Å². The van der Waals surface area contributed by atoms with E-state index in [2.05, 4.69) is 12.2 Å². The first-order valence-corrected chi connectivity index (χ1v) is 9.53. The number of hydrogen-bond donors (Lipinski definition) is 1. The Hall–Kier alpha value is -2.33. The van der Waals surface area contributed by atoms with Crippen LogP contribution < -0.4 is 10.1 Å². The van der Waals surface area contributed by atoms with E-state index in [-0.39, 0.29) is 5.91 Å². The molecule has 1 heterocycles. The standard InChI is InChI=1S/C22H28N2O2/c1-2-23-16-18-12-14-24(15-13-18)22(25)20-8-10-21(11-9-20)26-17-19-6-4-3-5-7-19/h3-11,18,23H,2,12-17H2,1H3. The Balaban J connectivity index is 1.49. The second-order valence-electron chi connectivity index (χ2n) is 6.84. The fourth-order valence-electron chi connectivity index (χ4n) is 3.31. The summed E-state index contributed by atoms with van der Waals surface area (Å²) in [5.74, 6) is 1.60. The SMILES string of the molecule is CCNCC1CCN(C(=O)c2ccc(OCc3ccccc3)cc2)CC1. The van der Waals surface area contributed by atoms with Gasteiger partial charge in [0.25, 0.3) is 5.91 Å². The zero-order chi connectivity index (χ0) is 18.2. The highest BCUT2D eigenvalue weighted by Crippen LogP contribution is 2.20. The molecule has 1 amide bonds. The van der Waals surface area contributed by atoms with E-state index in [9.17, 15) is 4.79 Å². The van der Waals surface area contributed by atoms with Crippen LogP contribution in [-0.2, 0) is 6.61 Å². The number of rotatable bonds is 7. The van der Waals surface area contributed by atoms with Crippen LogP contribution in [0.4, 0.5) is 0 Å². The maximum Gasteiger partial charge on any atom is 0.253 e. The number of benzene rings is 2. The Morgan fingerprint density at radius 3 is 2.42 bits per heavy atom. The van der Waals surface area contributed by atoms with Crippen molar-refractivity contribution < 1.29 is 9.53 Å². The summed E-state index contributed by atoms with van der Waals surface area (Å²) < 4.78 is 5.79. The molecule has 4 nitrogen and oxygen atoms in total.